The van der Waals surface area contributed by atoms with E-state index in [4.69, 9.17) is 4.98 Å². The molecule has 0 bridgehead atoms. The molecule has 5 rings (SSSR count). The highest BCUT2D eigenvalue weighted by Crippen LogP contribution is 2.36. The van der Waals surface area contributed by atoms with Crippen LogP contribution in [0.3, 0.4) is 0 Å². The summed E-state index contributed by atoms with van der Waals surface area (Å²) in [6.07, 6.45) is 2.07. The number of carbonyl (C=O) groups is 1. The number of hydrogen-bond acceptors (Lipinski definition) is 4. The minimum atomic E-state index is -0.00306. The van der Waals surface area contributed by atoms with Crippen molar-refractivity contribution < 1.29 is 4.79 Å². The summed E-state index contributed by atoms with van der Waals surface area (Å²) in [5, 5.41) is 4.85. The molecule has 0 saturated carbocycles. The zero-order valence-corrected chi connectivity index (χ0v) is 19.2. The van der Waals surface area contributed by atoms with Crippen molar-refractivity contribution in [3.8, 4) is 11.5 Å². The van der Waals surface area contributed by atoms with E-state index in [-0.39, 0.29) is 11.5 Å². The van der Waals surface area contributed by atoms with E-state index < -0.39 is 0 Å². The molecule has 0 atom stereocenters. The van der Waals surface area contributed by atoms with Gasteiger partial charge in [0.1, 0.15) is 0 Å². The fraction of sp³-hybridized carbons (Fsp3) is 0.346. The van der Waals surface area contributed by atoms with Crippen LogP contribution < -0.4 is 10.9 Å². The fourth-order valence-corrected chi connectivity index (χ4v) is 4.82. The highest BCUT2D eigenvalue weighted by Gasteiger charge is 2.27. The molecule has 33 heavy (non-hydrogen) atoms. The van der Waals surface area contributed by atoms with E-state index in [2.05, 4.69) is 26.9 Å². The Kier molecular flexibility index (Phi) is 5.72. The van der Waals surface area contributed by atoms with Crippen LogP contribution in [0.1, 0.15) is 18.4 Å². The molecule has 2 aromatic carbocycles. The maximum atomic E-state index is 13.2. The number of nitrogens with one attached hydrogen (secondary N) is 1. The smallest absolute Gasteiger partial charge is 0.261 e. The lowest BCUT2D eigenvalue weighted by molar-refractivity contribution is -0.121. The largest absolute Gasteiger partial charge is 0.356 e. The molecule has 4 aromatic rings. The zero-order chi connectivity index (χ0) is 22.9. The molecule has 0 spiro atoms. The first-order valence-electron chi connectivity index (χ1n) is 11.6. The van der Waals surface area contributed by atoms with Crippen molar-refractivity contribution in [1.82, 2.24) is 24.3 Å². The van der Waals surface area contributed by atoms with E-state index in [1.54, 1.807) is 4.57 Å². The molecular weight excluding hydrogens is 414 g/mol. The summed E-state index contributed by atoms with van der Waals surface area (Å²) in [5.41, 5.74) is 3.96. The third kappa shape index (κ3) is 3.93. The number of benzene rings is 2. The summed E-state index contributed by atoms with van der Waals surface area (Å²) in [6.45, 7) is 2.77. The van der Waals surface area contributed by atoms with Gasteiger partial charge in [-0.3, -0.25) is 14.2 Å². The van der Waals surface area contributed by atoms with Gasteiger partial charge in [0.2, 0.25) is 5.91 Å². The van der Waals surface area contributed by atoms with Gasteiger partial charge >= 0.3 is 0 Å². The van der Waals surface area contributed by atoms with Gasteiger partial charge < -0.3 is 14.8 Å². The lowest BCUT2D eigenvalue weighted by Gasteiger charge is -2.21. The lowest BCUT2D eigenvalue weighted by atomic mass is 10.0. The molecule has 0 aliphatic carbocycles. The van der Waals surface area contributed by atoms with Crippen LogP contribution in [0.15, 0.2) is 53.3 Å². The summed E-state index contributed by atoms with van der Waals surface area (Å²) in [6, 6.07) is 15.8. The Labute approximate surface area is 192 Å². The van der Waals surface area contributed by atoms with Crippen molar-refractivity contribution in [2.45, 2.75) is 32.4 Å². The van der Waals surface area contributed by atoms with Crippen LogP contribution in [0, 0.1) is 0 Å². The number of hydrogen-bond donors (Lipinski definition) is 1. The molecule has 1 N–H and O–H groups in total. The van der Waals surface area contributed by atoms with Crippen molar-refractivity contribution >= 4 is 27.7 Å². The topological polar surface area (TPSA) is 72.2 Å². The third-order valence-electron chi connectivity index (χ3n) is 6.40. The molecule has 0 radical (unpaired) electrons. The number of rotatable bonds is 7. The van der Waals surface area contributed by atoms with Gasteiger partial charge in [-0.25, -0.2) is 4.98 Å². The Morgan fingerprint density at radius 3 is 2.67 bits per heavy atom. The maximum absolute atomic E-state index is 13.2. The summed E-state index contributed by atoms with van der Waals surface area (Å²) in [7, 11) is 4.06. The number of aryl methyl sites for hydroxylation is 2. The van der Waals surface area contributed by atoms with Gasteiger partial charge in [-0.05, 0) is 57.2 Å². The van der Waals surface area contributed by atoms with E-state index in [9.17, 15) is 9.59 Å². The highest BCUT2D eigenvalue weighted by molar-refractivity contribution is 5.92. The van der Waals surface area contributed by atoms with Crippen LogP contribution in [0.5, 0.6) is 0 Å². The fourth-order valence-electron chi connectivity index (χ4n) is 4.82. The van der Waals surface area contributed by atoms with Gasteiger partial charge in [0.15, 0.2) is 5.82 Å². The predicted molar refractivity (Wildman–Crippen MR) is 131 cm³/mol. The Hall–Kier alpha value is -3.45. The number of para-hydroxylation sites is 2. The second-order valence-corrected chi connectivity index (χ2v) is 8.91. The summed E-state index contributed by atoms with van der Waals surface area (Å²) < 4.78 is 3.97. The van der Waals surface area contributed by atoms with Crippen LogP contribution in [0.2, 0.25) is 0 Å². The molecule has 0 fully saturated rings. The minimum absolute atomic E-state index is 0.00306. The van der Waals surface area contributed by atoms with E-state index in [0.29, 0.717) is 42.8 Å². The molecule has 7 heteroatoms. The van der Waals surface area contributed by atoms with Gasteiger partial charge in [-0.15, -0.1) is 0 Å². The highest BCUT2D eigenvalue weighted by atomic mass is 16.1. The molecular formula is C26H29N5O2. The molecule has 0 unspecified atom stereocenters. The molecule has 7 nitrogen and oxygen atoms in total. The second kappa shape index (κ2) is 8.83. The number of amides is 1. The molecule has 170 valence electrons. The van der Waals surface area contributed by atoms with Crippen molar-refractivity contribution in [3.63, 3.8) is 0 Å². The molecule has 3 heterocycles. The minimum Gasteiger partial charge on any atom is -0.356 e. The summed E-state index contributed by atoms with van der Waals surface area (Å²) in [4.78, 5) is 32.8. The first-order chi connectivity index (χ1) is 16.0. The Balaban J connectivity index is 1.52. The lowest BCUT2D eigenvalue weighted by Crippen LogP contribution is -2.29. The number of carbonyl (C=O) groups excluding carboxylic acids is 1. The molecule has 2 aromatic heterocycles. The van der Waals surface area contributed by atoms with E-state index >= 15 is 0 Å². The van der Waals surface area contributed by atoms with Gasteiger partial charge in [0.05, 0.1) is 16.6 Å². The second-order valence-electron chi connectivity index (χ2n) is 8.91. The number of fused-ring (bicyclic) bond motifs is 6. The van der Waals surface area contributed by atoms with E-state index in [1.807, 2.05) is 50.5 Å². The quantitative estimate of drug-likeness (QED) is 0.446. The average molecular weight is 444 g/mol. The van der Waals surface area contributed by atoms with Crippen LogP contribution >= 0.6 is 0 Å². The number of aromatic nitrogens is 3. The van der Waals surface area contributed by atoms with Crippen LogP contribution in [0.25, 0.3) is 33.3 Å². The van der Waals surface area contributed by atoms with Crippen LogP contribution in [0.4, 0.5) is 0 Å². The van der Waals surface area contributed by atoms with Crippen LogP contribution in [-0.4, -0.2) is 52.1 Å². The standard InChI is InChI=1S/C26H29N5O2/c1-29(2)15-7-14-27-23(32)13-17-30-22-11-6-4-8-18(22)19-12-16-31-25(24(19)30)28-21-10-5-3-9-20(21)26(31)33/h3-6,8-11H,7,12-17H2,1-2H3,(H,27,32). The molecule has 1 aliphatic heterocycles. The van der Waals surface area contributed by atoms with Crippen LogP contribution in [-0.2, 0) is 24.3 Å². The molecule has 0 saturated heterocycles. The Bertz CT molecular complexity index is 1400. The van der Waals surface area contributed by atoms with Crippen molar-refractivity contribution in [2.75, 3.05) is 27.2 Å². The van der Waals surface area contributed by atoms with Crippen molar-refractivity contribution in [1.29, 1.82) is 0 Å². The van der Waals surface area contributed by atoms with Gasteiger partial charge in [-0.2, -0.15) is 0 Å². The zero-order valence-electron chi connectivity index (χ0n) is 19.2. The predicted octanol–water partition coefficient (Wildman–Crippen LogP) is 3.03. The monoisotopic (exact) mass is 443 g/mol. The van der Waals surface area contributed by atoms with Crippen molar-refractivity contribution in [3.05, 3.63) is 64.4 Å². The van der Waals surface area contributed by atoms with Gasteiger partial charge in [0, 0.05) is 37.0 Å². The first-order valence-corrected chi connectivity index (χ1v) is 11.6. The average Bonchev–Trinajstić information content (AvgIpc) is 3.15. The SMILES string of the molecule is CN(C)CCCNC(=O)CCn1c2c(c3ccccc31)CCn1c-2nc2ccccc2c1=O. The third-order valence-corrected chi connectivity index (χ3v) is 6.40. The Morgan fingerprint density at radius 2 is 1.85 bits per heavy atom. The maximum Gasteiger partial charge on any atom is 0.261 e. The van der Waals surface area contributed by atoms with E-state index in [1.165, 1.54) is 10.9 Å². The Morgan fingerprint density at radius 1 is 1.09 bits per heavy atom. The molecule has 1 aliphatic rings. The van der Waals surface area contributed by atoms with Gasteiger partial charge in [-0.1, -0.05) is 30.3 Å². The van der Waals surface area contributed by atoms with Gasteiger partial charge in [0.25, 0.3) is 5.56 Å². The van der Waals surface area contributed by atoms with Crippen molar-refractivity contribution in [2.24, 2.45) is 0 Å². The summed E-state index contributed by atoms with van der Waals surface area (Å²) >= 11 is 0. The first kappa shape index (κ1) is 21.4. The number of nitrogens with zero attached hydrogens (tertiary/aromatic N) is 4. The normalized spacial score (nSPS) is 12.8. The molecule has 1 amide bonds. The van der Waals surface area contributed by atoms with E-state index in [0.717, 1.165) is 30.6 Å². The summed E-state index contributed by atoms with van der Waals surface area (Å²) in [5.74, 6) is 0.738.